The highest BCUT2D eigenvalue weighted by molar-refractivity contribution is 5.71. The quantitative estimate of drug-likeness (QED) is 0.605. The molecule has 0 spiro atoms. The molecule has 5 nitrogen and oxygen atoms in total. The van der Waals surface area contributed by atoms with Crippen LogP contribution < -0.4 is 4.74 Å². The molecule has 0 bridgehead atoms. The molecular weight excluding hydrogens is 356 g/mol. The minimum absolute atomic E-state index is 0.133. The summed E-state index contributed by atoms with van der Waals surface area (Å²) in [5, 5.41) is 17.4. The molecule has 2 N–H and O–H groups in total. The summed E-state index contributed by atoms with van der Waals surface area (Å²) in [7, 11) is 0. The van der Waals surface area contributed by atoms with E-state index in [9.17, 15) is 9.59 Å². The average Bonchev–Trinajstić information content (AvgIpc) is 2.72. The van der Waals surface area contributed by atoms with Crippen molar-refractivity contribution in [3.8, 4) is 28.0 Å². The van der Waals surface area contributed by atoms with Crippen LogP contribution >= 0.6 is 0 Å². The average molecular weight is 376 g/mol. The molecule has 0 saturated carbocycles. The highest BCUT2D eigenvalue weighted by Gasteiger charge is 2.04. The van der Waals surface area contributed by atoms with E-state index in [0.717, 1.165) is 27.8 Å². The number of ether oxygens (including phenoxy) is 1. The topological polar surface area (TPSA) is 83.8 Å². The van der Waals surface area contributed by atoms with Gasteiger partial charge in [-0.25, -0.2) is 4.79 Å². The van der Waals surface area contributed by atoms with E-state index < -0.39 is 11.9 Å². The lowest BCUT2D eigenvalue weighted by Crippen LogP contribution is -2.09. The highest BCUT2D eigenvalue weighted by Crippen LogP contribution is 2.26. The van der Waals surface area contributed by atoms with Gasteiger partial charge in [-0.2, -0.15) is 0 Å². The zero-order valence-corrected chi connectivity index (χ0v) is 15.2. The molecule has 142 valence electrons. The third kappa shape index (κ3) is 5.20. The van der Waals surface area contributed by atoms with Gasteiger partial charge in [0.05, 0.1) is 0 Å². The van der Waals surface area contributed by atoms with Crippen molar-refractivity contribution in [3.05, 3.63) is 78.4 Å². The van der Waals surface area contributed by atoms with Crippen molar-refractivity contribution in [2.75, 3.05) is 6.61 Å². The summed E-state index contributed by atoms with van der Waals surface area (Å²) in [5.41, 5.74) is 5.22. The molecule has 3 aromatic carbocycles. The molecule has 0 aliphatic carbocycles. The SMILES string of the molecule is O=C(O)CCc1ccc(-c2ccc(-c3ccc(OCC(=O)O)cc3)cc2)cc1. The van der Waals surface area contributed by atoms with E-state index in [2.05, 4.69) is 0 Å². The molecule has 3 aromatic rings. The largest absolute Gasteiger partial charge is 0.482 e. The van der Waals surface area contributed by atoms with E-state index in [0.29, 0.717) is 12.2 Å². The summed E-state index contributed by atoms with van der Waals surface area (Å²) < 4.78 is 5.14. The molecule has 0 amide bonds. The van der Waals surface area contributed by atoms with Gasteiger partial charge in [-0.3, -0.25) is 4.79 Å². The first-order valence-corrected chi connectivity index (χ1v) is 8.87. The lowest BCUT2D eigenvalue weighted by molar-refractivity contribution is -0.139. The molecule has 0 radical (unpaired) electrons. The van der Waals surface area contributed by atoms with E-state index in [1.54, 1.807) is 12.1 Å². The lowest BCUT2D eigenvalue weighted by atomic mass is 9.99. The van der Waals surface area contributed by atoms with Crippen molar-refractivity contribution >= 4 is 11.9 Å². The molecule has 0 fully saturated rings. The van der Waals surface area contributed by atoms with Crippen molar-refractivity contribution < 1.29 is 24.5 Å². The first kappa shape index (κ1) is 19.2. The van der Waals surface area contributed by atoms with Gasteiger partial charge in [-0.1, -0.05) is 60.7 Å². The Balaban J connectivity index is 1.67. The highest BCUT2D eigenvalue weighted by atomic mass is 16.5. The van der Waals surface area contributed by atoms with Gasteiger partial charge >= 0.3 is 11.9 Å². The maximum absolute atomic E-state index is 10.7. The fraction of sp³-hybridized carbons (Fsp3) is 0.130. The number of hydrogen-bond donors (Lipinski definition) is 2. The predicted molar refractivity (Wildman–Crippen MR) is 106 cm³/mol. The maximum Gasteiger partial charge on any atom is 0.341 e. The van der Waals surface area contributed by atoms with Crippen LogP contribution in [0, 0.1) is 0 Å². The molecule has 0 aliphatic heterocycles. The van der Waals surface area contributed by atoms with Crippen LogP contribution in [0.15, 0.2) is 72.8 Å². The molecule has 0 aromatic heterocycles. The number of carboxylic acid groups (broad SMARTS) is 2. The zero-order valence-electron chi connectivity index (χ0n) is 15.2. The smallest absolute Gasteiger partial charge is 0.341 e. The van der Waals surface area contributed by atoms with E-state index in [-0.39, 0.29) is 13.0 Å². The summed E-state index contributed by atoms with van der Waals surface area (Å²) in [5.74, 6) is -1.28. The normalized spacial score (nSPS) is 10.4. The van der Waals surface area contributed by atoms with Gasteiger partial charge in [-0.05, 0) is 46.4 Å². The Bertz CT molecular complexity index is 861. The van der Waals surface area contributed by atoms with Gasteiger partial charge in [0.1, 0.15) is 5.75 Å². The summed E-state index contributed by atoms with van der Waals surface area (Å²) >= 11 is 0. The summed E-state index contributed by atoms with van der Waals surface area (Å²) in [4.78, 5) is 21.2. The van der Waals surface area contributed by atoms with Crippen LogP contribution in [0.1, 0.15) is 12.0 Å². The van der Waals surface area contributed by atoms with Crippen molar-refractivity contribution in [2.24, 2.45) is 0 Å². The first-order chi connectivity index (χ1) is 13.5. The summed E-state index contributed by atoms with van der Waals surface area (Å²) in [6.45, 7) is -0.358. The van der Waals surface area contributed by atoms with E-state index >= 15 is 0 Å². The molecule has 0 atom stereocenters. The molecule has 28 heavy (non-hydrogen) atoms. The number of aryl methyl sites for hydroxylation is 1. The molecule has 0 unspecified atom stereocenters. The monoisotopic (exact) mass is 376 g/mol. The first-order valence-electron chi connectivity index (χ1n) is 8.87. The third-order valence-corrected chi connectivity index (χ3v) is 4.35. The van der Waals surface area contributed by atoms with E-state index in [4.69, 9.17) is 14.9 Å². The van der Waals surface area contributed by atoms with Gasteiger partial charge in [0, 0.05) is 6.42 Å². The minimum Gasteiger partial charge on any atom is -0.482 e. The van der Waals surface area contributed by atoms with Crippen molar-refractivity contribution in [3.63, 3.8) is 0 Å². The Kier molecular flexibility index (Phi) is 6.07. The lowest BCUT2D eigenvalue weighted by Gasteiger charge is -2.08. The minimum atomic E-state index is -1.01. The maximum atomic E-state index is 10.7. The van der Waals surface area contributed by atoms with Gasteiger partial charge in [0.25, 0.3) is 0 Å². The van der Waals surface area contributed by atoms with Crippen molar-refractivity contribution in [1.29, 1.82) is 0 Å². The van der Waals surface area contributed by atoms with Crippen LogP contribution in [0.3, 0.4) is 0 Å². The van der Waals surface area contributed by atoms with E-state index in [1.165, 1.54) is 0 Å². The number of hydrogen-bond acceptors (Lipinski definition) is 3. The second-order valence-electron chi connectivity index (χ2n) is 6.37. The van der Waals surface area contributed by atoms with E-state index in [1.807, 2.05) is 60.7 Å². The van der Waals surface area contributed by atoms with Crippen LogP contribution in [-0.2, 0) is 16.0 Å². The van der Waals surface area contributed by atoms with Gasteiger partial charge in [0.15, 0.2) is 6.61 Å². The Morgan fingerprint density at radius 3 is 1.50 bits per heavy atom. The van der Waals surface area contributed by atoms with Crippen LogP contribution in [0.4, 0.5) is 0 Å². The number of benzene rings is 3. The standard InChI is InChI=1S/C23H20O5/c24-22(25)14-3-16-1-4-17(5-2-16)18-6-8-19(9-7-18)20-10-12-21(13-11-20)28-15-23(26)27/h1-2,4-13H,3,14-15H2,(H,24,25)(H,26,27). The Hall–Kier alpha value is -3.60. The number of aliphatic carboxylic acids is 2. The fourth-order valence-corrected chi connectivity index (χ4v) is 2.86. The van der Waals surface area contributed by atoms with Gasteiger partial charge < -0.3 is 14.9 Å². The second-order valence-corrected chi connectivity index (χ2v) is 6.37. The fourth-order valence-electron chi connectivity index (χ4n) is 2.86. The Morgan fingerprint density at radius 2 is 1.07 bits per heavy atom. The van der Waals surface area contributed by atoms with Gasteiger partial charge in [-0.15, -0.1) is 0 Å². The van der Waals surface area contributed by atoms with Crippen molar-refractivity contribution in [2.45, 2.75) is 12.8 Å². The molecule has 3 rings (SSSR count). The van der Waals surface area contributed by atoms with Crippen LogP contribution in [0.25, 0.3) is 22.3 Å². The number of carbonyl (C=O) groups is 2. The molecule has 5 heteroatoms. The van der Waals surface area contributed by atoms with Crippen molar-refractivity contribution in [1.82, 2.24) is 0 Å². The molecular formula is C23H20O5. The number of rotatable bonds is 8. The Labute approximate surface area is 162 Å². The van der Waals surface area contributed by atoms with Gasteiger partial charge in [0.2, 0.25) is 0 Å². The predicted octanol–water partition coefficient (Wildman–Crippen LogP) is 4.50. The van der Waals surface area contributed by atoms with Crippen LogP contribution in [-0.4, -0.2) is 28.8 Å². The molecule has 0 heterocycles. The summed E-state index contributed by atoms with van der Waals surface area (Å²) in [6.07, 6.45) is 0.662. The second kappa shape index (κ2) is 8.86. The zero-order chi connectivity index (χ0) is 19.9. The third-order valence-electron chi connectivity index (χ3n) is 4.35. The Morgan fingerprint density at radius 1 is 0.643 bits per heavy atom. The molecule has 0 aliphatic rings. The molecule has 0 saturated heterocycles. The number of carboxylic acids is 2. The van der Waals surface area contributed by atoms with Crippen LogP contribution in [0.5, 0.6) is 5.75 Å². The van der Waals surface area contributed by atoms with Crippen LogP contribution in [0.2, 0.25) is 0 Å². The summed E-state index contributed by atoms with van der Waals surface area (Å²) in [6, 6.07) is 23.3.